The number of morpholine rings is 1. The van der Waals surface area contributed by atoms with Gasteiger partial charge in [0.25, 0.3) is 5.91 Å². The number of benzene rings is 1. The molecule has 1 aliphatic rings. The Bertz CT molecular complexity index is 1200. The first-order chi connectivity index (χ1) is 17.3. The summed E-state index contributed by atoms with van der Waals surface area (Å²) in [7, 11) is 0. The largest absolute Gasteiger partial charge is 0.573 e. The zero-order chi connectivity index (χ0) is 25.5. The van der Waals surface area contributed by atoms with E-state index in [1.54, 1.807) is 4.90 Å². The van der Waals surface area contributed by atoms with Gasteiger partial charge in [0.05, 0.1) is 44.0 Å². The molecule has 11 nitrogen and oxygen atoms in total. The molecule has 36 heavy (non-hydrogen) atoms. The number of nitrogens with zero attached hydrogens (tertiary/aromatic N) is 5. The molecule has 0 spiro atoms. The van der Waals surface area contributed by atoms with Crippen molar-refractivity contribution in [1.82, 2.24) is 24.8 Å². The van der Waals surface area contributed by atoms with Gasteiger partial charge in [0.2, 0.25) is 5.91 Å². The summed E-state index contributed by atoms with van der Waals surface area (Å²) < 4.78 is 47.9. The van der Waals surface area contributed by atoms with Crippen molar-refractivity contribution in [2.45, 2.75) is 6.36 Å². The minimum atomic E-state index is -4.99. The Hall–Kier alpha value is -4.17. The summed E-state index contributed by atoms with van der Waals surface area (Å²) in [4.78, 5) is 43.3. The molecule has 0 bridgehead atoms. The van der Waals surface area contributed by atoms with Crippen LogP contribution in [0.25, 0.3) is 11.4 Å². The Balaban J connectivity index is 1.48. The molecule has 2 aromatic heterocycles. The van der Waals surface area contributed by atoms with Crippen LogP contribution in [0.15, 0.2) is 49.2 Å². The van der Waals surface area contributed by atoms with Gasteiger partial charge >= 0.3 is 6.36 Å². The maximum absolute atomic E-state index is 12.9. The molecule has 2 amide bonds. The second-order valence-electron chi connectivity index (χ2n) is 7.53. The number of hydrogen-bond acceptors (Lipinski definition) is 9. The smallest absolute Gasteiger partial charge is 0.404 e. The van der Waals surface area contributed by atoms with Gasteiger partial charge < -0.3 is 20.1 Å². The predicted molar refractivity (Wildman–Crippen MR) is 120 cm³/mol. The van der Waals surface area contributed by atoms with Crippen LogP contribution in [0.4, 0.5) is 24.7 Å². The van der Waals surface area contributed by atoms with Gasteiger partial charge in [0, 0.05) is 31.0 Å². The van der Waals surface area contributed by atoms with Crippen molar-refractivity contribution in [2.24, 2.45) is 0 Å². The first-order valence-electron chi connectivity index (χ1n) is 10.7. The summed E-state index contributed by atoms with van der Waals surface area (Å²) in [6.45, 7) is 1.87. The number of carbonyl (C=O) groups excluding carboxylic acids is 2. The number of ether oxygens (including phenoxy) is 2. The second-order valence-corrected chi connectivity index (χ2v) is 7.53. The van der Waals surface area contributed by atoms with Crippen molar-refractivity contribution in [3.8, 4) is 17.1 Å². The van der Waals surface area contributed by atoms with E-state index in [2.05, 4.69) is 35.3 Å². The number of hydrogen-bond donors (Lipinski definition) is 2. The highest BCUT2D eigenvalue weighted by molar-refractivity contribution is 6.05. The molecule has 0 saturated carbocycles. The van der Waals surface area contributed by atoms with E-state index in [0.29, 0.717) is 37.7 Å². The van der Waals surface area contributed by atoms with E-state index in [1.165, 1.54) is 31.0 Å². The molecule has 3 aromatic rings. The summed E-state index contributed by atoms with van der Waals surface area (Å²) in [6.07, 6.45) is 2.20. The number of anilines is 2. The molecule has 3 heterocycles. The fourth-order valence-electron chi connectivity index (χ4n) is 3.28. The van der Waals surface area contributed by atoms with Crippen LogP contribution in [0, 0.1) is 0 Å². The molecule has 0 aliphatic carbocycles. The molecule has 14 heteroatoms. The Labute approximate surface area is 202 Å². The molecule has 1 saturated heterocycles. The second kappa shape index (κ2) is 11.0. The number of nitrogens with one attached hydrogen (secondary N) is 2. The summed E-state index contributed by atoms with van der Waals surface area (Å²) in [6, 6.07) is 3.18. The van der Waals surface area contributed by atoms with Crippen LogP contribution in [0.5, 0.6) is 5.75 Å². The van der Waals surface area contributed by atoms with Gasteiger partial charge in [-0.05, 0) is 18.2 Å². The fourth-order valence-corrected chi connectivity index (χ4v) is 3.28. The standard InChI is InChI=1S/C22H20F3N7O4/c23-22(24,25)36-18-2-1-14(9-15(18)30-20(33)13-32-5-7-35-8-6-32)21(34)31-19-12-28-17(11-29-19)16-10-26-3-4-27-16/h1-4,9-12H,5-8,13H2,(H,30,33)(H,29,31,34). The van der Waals surface area contributed by atoms with Crippen LogP contribution in [0.2, 0.25) is 0 Å². The average molecular weight is 503 g/mol. The molecule has 0 atom stereocenters. The molecule has 2 N–H and O–H groups in total. The monoisotopic (exact) mass is 503 g/mol. The number of alkyl halides is 3. The van der Waals surface area contributed by atoms with Crippen LogP contribution in [-0.2, 0) is 9.53 Å². The first-order valence-corrected chi connectivity index (χ1v) is 10.7. The molecule has 1 aliphatic heterocycles. The Morgan fingerprint density at radius 2 is 1.78 bits per heavy atom. The summed E-state index contributed by atoms with van der Waals surface area (Å²) in [5.41, 5.74) is 0.578. The Kier molecular flexibility index (Phi) is 7.65. The van der Waals surface area contributed by atoms with E-state index in [1.807, 2.05) is 0 Å². The van der Waals surface area contributed by atoms with Crippen LogP contribution in [0.1, 0.15) is 10.4 Å². The predicted octanol–water partition coefficient (Wildman–Crippen LogP) is 2.36. The summed E-state index contributed by atoms with van der Waals surface area (Å²) in [5, 5.41) is 4.90. The van der Waals surface area contributed by atoms with Crippen LogP contribution in [-0.4, -0.2) is 75.9 Å². The quantitative estimate of drug-likeness (QED) is 0.499. The van der Waals surface area contributed by atoms with Gasteiger partial charge in [0.1, 0.15) is 11.4 Å². The fraction of sp³-hybridized carbons (Fsp3) is 0.273. The Morgan fingerprint density at radius 1 is 1.00 bits per heavy atom. The normalized spacial score (nSPS) is 14.2. The maximum Gasteiger partial charge on any atom is 0.573 e. The average Bonchev–Trinajstić information content (AvgIpc) is 2.86. The van der Waals surface area contributed by atoms with Crippen molar-refractivity contribution in [3.05, 3.63) is 54.7 Å². The number of amides is 2. The number of rotatable bonds is 7. The lowest BCUT2D eigenvalue weighted by Gasteiger charge is -2.26. The van der Waals surface area contributed by atoms with Gasteiger partial charge in [-0.1, -0.05) is 0 Å². The highest BCUT2D eigenvalue weighted by atomic mass is 19.4. The van der Waals surface area contributed by atoms with Crippen molar-refractivity contribution < 1.29 is 32.2 Å². The van der Waals surface area contributed by atoms with Crippen molar-refractivity contribution in [2.75, 3.05) is 43.5 Å². The minimum Gasteiger partial charge on any atom is -0.404 e. The number of halogens is 3. The lowest BCUT2D eigenvalue weighted by atomic mass is 10.1. The topological polar surface area (TPSA) is 131 Å². The number of carbonyl (C=O) groups is 2. The molecule has 0 radical (unpaired) electrons. The lowest BCUT2D eigenvalue weighted by Crippen LogP contribution is -2.41. The Morgan fingerprint density at radius 3 is 2.44 bits per heavy atom. The third kappa shape index (κ3) is 6.93. The third-order valence-electron chi connectivity index (χ3n) is 4.93. The SMILES string of the molecule is O=C(CN1CCOCC1)Nc1cc(C(=O)Nc2cnc(-c3cnccn3)cn2)ccc1OC(F)(F)F. The zero-order valence-corrected chi connectivity index (χ0v) is 18.7. The van der Waals surface area contributed by atoms with Gasteiger partial charge in [0.15, 0.2) is 11.6 Å². The van der Waals surface area contributed by atoms with E-state index in [9.17, 15) is 22.8 Å². The molecule has 188 valence electrons. The molecular weight excluding hydrogens is 483 g/mol. The van der Waals surface area contributed by atoms with E-state index >= 15 is 0 Å². The molecular formula is C22H20F3N7O4. The van der Waals surface area contributed by atoms with Gasteiger partial charge in [-0.25, -0.2) is 9.97 Å². The first kappa shape index (κ1) is 24.9. The third-order valence-corrected chi connectivity index (χ3v) is 4.93. The van der Waals surface area contributed by atoms with E-state index in [0.717, 1.165) is 18.2 Å². The van der Waals surface area contributed by atoms with Crippen molar-refractivity contribution in [3.63, 3.8) is 0 Å². The van der Waals surface area contributed by atoms with E-state index in [-0.39, 0.29) is 23.6 Å². The minimum absolute atomic E-state index is 0.0361. The zero-order valence-electron chi connectivity index (χ0n) is 18.7. The highest BCUT2D eigenvalue weighted by Gasteiger charge is 2.32. The van der Waals surface area contributed by atoms with Gasteiger partial charge in [-0.3, -0.25) is 24.5 Å². The van der Waals surface area contributed by atoms with Gasteiger partial charge in [-0.2, -0.15) is 0 Å². The molecule has 1 aromatic carbocycles. The summed E-state index contributed by atoms with van der Waals surface area (Å²) in [5.74, 6) is -1.80. The maximum atomic E-state index is 12.9. The molecule has 0 unspecified atom stereocenters. The lowest BCUT2D eigenvalue weighted by molar-refractivity contribution is -0.274. The van der Waals surface area contributed by atoms with Crippen molar-refractivity contribution in [1.29, 1.82) is 0 Å². The van der Waals surface area contributed by atoms with Crippen LogP contribution in [0.3, 0.4) is 0 Å². The van der Waals surface area contributed by atoms with Crippen molar-refractivity contribution >= 4 is 23.3 Å². The van der Waals surface area contributed by atoms with Crippen LogP contribution < -0.4 is 15.4 Å². The van der Waals surface area contributed by atoms with E-state index in [4.69, 9.17) is 4.74 Å². The molecule has 4 rings (SSSR count). The summed E-state index contributed by atoms with van der Waals surface area (Å²) >= 11 is 0. The molecule has 1 fully saturated rings. The highest BCUT2D eigenvalue weighted by Crippen LogP contribution is 2.31. The van der Waals surface area contributed by atoms with E-state index < -0.39 is 23.9 Å². The van der Waals surface area contributed by atoms with Crippen LogP contribution >= 0.6 is 0 Å². The number of aromatic nitrogens is 4. The van der Waals surface area contributed by atoms with Gasteiger partial charge in [-0.15, -0.1) is 13.2 Å².